The maximum absolute atomic E-state index is 5.85. The largest absolute Gasteiger partial charge is 0.399 e. The van der Waals surface area contributed by atoms with Gasteiger partial charge >= 0.3 is 0 Å². The van der Waals surface area contributed by atoms with Crippen molar-refractivity contribution in [3.05, 3.63) is 29.3 Å². The lowest BCUT2D eigenvalue weighted by atomic mass is 9.92. The zero-order chi connectivity index (χ0) is 12.0. The van der Waals surface area contributed by atoms with E-state index in [2.05, 4.69) is 30.9 Å². The Morgan fingerprint density at radius 2 is 1.94 bits per heavy atom. The van der Waals surface area contributed by atoms with E-state index < -0.39 is 0 Å². The van der Waals surface area contributed by atoms with Crippen LogP contribution in [0.1, 0.15) is 37.8 Å². The molecule has 1 saturated carbocycles. The van der Waals surface area contributed by atoms with Crippen LogP contribution in [0.15, 0.2) is 18.2 Å². The third-order valence-electron chi connectivity index (χ3n) is 4.67. The van der Waals surface area contributed by atoms with Crippen LogP contribution in [0.2, 0.25) is 0 Å². The molecule has 0 spiro atoms. The Morgan fingerprint density at radius 3 is 2.59 bits per heavy atom. The van der Waals surface area contributed by atoms with Gasteiger partial charge in [0, 0.05) is 25.3 Å². The van der Waals surface area contributed by atoms with Gasteiger partial charge in [-0.3, -0.25) is 4.90 Å². The van der Waals surface area contributed by atoms with Gasteiger partial charge in [-0.1, -0.05) is 19.9 Å². The Morgan fingerprint density at radius 1 is 1.24 bits per heavy atom. The van der Waals surface area contributed by atoms with Crippen LogP contribution < -0.4 is 5.73 Å². The van der Waals surface area contributed by atoms with E-state index in [1.807, 2.05) is 6.07 Å². The molecule has 2 aliphatic rings. The first-order valence-electron chi connectivity index (χ1n) is 6.69. The molecule has 2 heteroatoms. The molecular weight excluding hydrogens is 208 g/mol. The monoisotopic (exact) mass is 230 g/mol. The summed E-state index contributed by atoms with van der Waals surface area (Å²) in [6.07, 6.45) is 2.83. The van der Waals surface area contributed by atoms with Crippen molar-refractivity contribution in [2.75, 3.05) is 12.3 Å². The van der Waals surface area contributed by atoms with Gasteiger partial charge < -0.3 is 5.73 Å². The number of hydrogen-bond donors (Lipinski definition) is 1. The second-order valence-corrected chi connectivity index (χ2v) is 6.19. The number of rotatable bonds is 3. The first kappa shape index (κ1) is 11.1. The van der Waals surface area contributed by atoms with Crippen molar-refractivity contribution in [3.63, 3.8) is 0 Å². The molecular formula is C15H22N2. The summed E-state index contributed by atoms with van der Waals surface area (Å²) in [4.78, 5) is 2.59. The van der Waals surface area contributed by atoms with Crippen molar-refractivity contribution in [2.24, 2.45) is 11.3 Å². The van der Waals surface area contributed by atoms with Crippen LogP contribution in [0, 0.1) is 11.3 Å². The average molecular weight is 230 g/mol. The van der Waals surface area contributed by atoms with Gasteiger partial charge in [0.2, 0.25) is 0 Å². The van der Waals surface area contributed by atoms with E-state index in [-0.39, 0.29) is 0 Å². The minimum absolute atomic E-state index is 0.619. The molecule has 2 N–H and O–H groups in total. The molecule has 0 aromatic heterocycles. The molecule has 3 rings (SSSR count). The SMILES string of the molecule is CC(C)C1(CN2Cc3ccc(N)cc3C2)CC1. The predicted molar refractivity (Wildman–Crippen MR) is 71.5 cm³/mol. The highest BCUT2D eigenvalue weighted by Gasteiger charge is 2.46. The number of fused-ring (bicyclic) bond motifs is 1. The van der Waals surface area contributed by atoms with Gasteiger partial charge in [-0.2, -0.15) is 0 Å². The molecule has 1 heterocycles. The van der Waals surface area contributed by atoms with Gasteiger partial charge in [0.05, 0.1) is 0 Å². The fraction of sp³-hybridized carbons (Fsp3) is 0.600. The summed E-state index contributed by atoms with van der Waals surface area (Å²) < 4.78 is 0. The smallest absolute Gasteiger partial charge is 0.0317 e. The van der Waals surface area contributed by atoms with Gasteiger partial charge in [-0.05, 0) is 47.4 Å². The molecule has 1 aromatic carbocycles. The van der Waals surface area contributed by atoms with Crippen molar-refractivity contribution in [1.82, 2.24) is 4.90 Å². The number of nitrogens with two attached hydrogens (primary N) is 1. The van der Waals surface area contributed by atoms with Crippen molar-refractivity contribution in [2.45, 2.75) is 39.8 Å². The Balaban J connectivity index is 1.70. The van der Waals surface area contributed by atoms with Crippen LogP contribution in [0.25, 0.3) is 0 Å². The quantitative estimate of drug-likeness (QED) is 0.809. The first-order chi connectivity index (χ1) is 8.09. The molecule has 0 unspecified atom stereocenters. The van der Waals surface area contributed by atoms with Crippen molar-refractivity contribution in [1.29, 1.82) is 0 Å². The highest BCUT2D eigenvalue weighted by Crippen LogP contribution is 2.53. The molecule has 17 heavy (non-hydrogen) atoms. The summed E-state index contributed by atoms with van der Waals surface area (Å²) in [5.74, 6) is 0.816. The van der Waals surface area contributed by atoms with Crippen LogP contribution in [-0.2, 0) is 13.1 Å². The average Bonchev–Trinajstić information content (AvgIpc) is 2.93. The van der Waals surface area contributed by atoms with Crippen LogP contribution >= 0.6 is 0 Å². The second kappa shape index (κ2) is 3.74. The van der Waals surface area contributed by atoms with Gasteiger partial charge in [-0.25, -0.2) is 0 Å². The van der Waals surface area contributed by atoms with Gasteiger partial charge in [0.1, 0.15) is 0 Å². The molecule has 1 aromatic rings. The van der Waals surface area contributed by atoms with Crippen molar-refractivity contribution >= 4 is 5.69 Å². The van der Waals surface area contributed by atoms with E-state index in [4.69, 9.17) is 5.73 Å². The Kier molecular flexibility index (Phi) is 2.44. The molecule has 92 valence electrons. The normalized spacial score (nSPS) is 21.8. The summed E-state index contributed by atoms with van der Waals surface area (Å²) in [6, 6.07) is 6.36. The molecule has 2 nitrogen and oxygen atoms in total. The van der Waals surface area contributed by atoms with E-state index in [0.29, 0.717) is 5.41 Å². The summed E-state index contributed by atoms with van der Waals surface area (Å²) in [6.45, 7) is 8.21. The van der Waals surface area contributed by atoms with Crippen molar-refractivity contribution < 1.29 is 0 Å². The van der Waals surface area contributed by atoms with Crippen LogP contribution in [0.5, 0.6) is 0 Å². The molecule has 1 aliphatic heterocycles. The van der Waals surface area contributed by atoms with Crippen LogP contribution in [0.4, 0.5) is 5.69 Å². The molecule has 1 aliphatic carbocycles. The van der Waals surface area contributed by atoms with Crippen molar-refractivity contribution in [3.8, 4) is 0 Å². The lowest BCUT2D eigenvalue weighted by molar-refractivity contribution is 0.187. The molecule has 0 radical (unpaired) electrons. The zero-order valence-corrected chi connectivity index (χ0v) is 10.9. The maximum Gasteiger partial charge on any atom is 0.0317 e. The maximum atomic E-state index is 5.85. The zero-order valence-electron chi connectivity index (χ0n) is 10.9. The van der Waals surface area contributed by atoms with E-state index in [9.17, 15) is 0 Å². The minimum Gasteiger partial charge on any atom is -0.399 e. The highest BCUT2D eigenvalue weighted by atomic mass is 15.2. The van der Waals surface area contributed by atoms with Gasteiger partial charge in [0.25, 0.3) is 0 Å². The third kappa shape index (κ3) is 1.95. The summed E-state index contributed by atoms with van der Waals surface area (Å²) in [5.41, 5.74) is 10.3. The standard InChI is InChI=1S/C15H22N2/c1-11(2)15(5-6-15)10-17-8-12-3-4-14(16)7-13(12)9-17/h3-4,7,11H,5-6,8-10,16H2,1-2H3. The van der Waals surface area contributed by atoms with Gasteiger partial charge in [-0.15, -0.1) is 0 Å². The molecule has 0 saturated heterocycles. The number of hydrogen-bond acceptors (Lipinski definition) is 2. The fourth-order valence-electron chi connectivity index (χ4n) is 3.12. The lowest BCUT2D eigenvalue weighted by Gasteiger charge is -2.26. The molecule has 0 amide bonds. The molecule has 0 atom stereocenters. The third-order valence-corrected chi connectivity index (χ3v) is 4.67. The molecule has 0 bridgehead atoms. The second-order valence-electron chi connectivity index (χ2n) is 6.19. The number of benzene rings is 1. The predicted octanol–water partition coefficient (Wildman–Crippen LogP) is 3.02. The Hall–Kier alpha value is -1.02. The topological polar surface area (TPSA) is 29.3 Å². The summed E-state index contributed by atoms with van der Waals surface area (Å²) >= 11 is 0. The summed E-state index contributed by atoms with van der Waals surface area (Å²) in [5, 5.41) is 0. The number of nitrogen functional groups attached to an aromatic ring is 1. The van der Waals surface area contributed by atoms with E-state index in [0.717, 1.165) is 24.7 Å². The minimum atomic E-state index is 0.619. The molecule has 1 fully saturated rings. The number of anilines is 1. The number of nitrogens with zero attached hydrogens (tertiary/aromatic N) is 1. The van der Waals surface area contributed by atoms with E-state index >= 15 is 0 Å². The lowest BCUT2D eigenvalue weighted by Crippen LogP contribution is -2.28. The highest BCUT2D eigenvalue weighted by molar-refractivity contribution is 5.46. The van der Waals surface area contributed by atoms with Crippen LogP contribution in [0.3, 0.4) is 0 Å². The first-order valence-corrected chi connectivity index (χ1v) is 6.69. The van der Waals surface area contributed by atoms with E-state index in [1.165, 1.54) is 30.5 Å². The Labute approximate surface area is 104 Å². The Bertz CT molecular complexity index is 433. The van der Waals surface area contributed by atoms with E-state index in [1.54, 1.807) is 0 Å². The van der Waals surface area contributed by atoms with Gasteiger partial charge in [0.15, 0.2) is 0 Å². The summed E-state index contributed by atoms with van der Waals surface area (Å²) in [7, 11) is 0. The fourth-order valence-corrected chi connectivity index (χ4v) is 3.12. The van der Waals surface area contributed by atoms with Crippen LogP contribution in [-0.4, -0.2) is 11.4 Å².